The maximum atomic E-state index is 14.0. The third-order valence-electron chi connectivity index (χ3n) is 3.25. The van der Waals surface area contributed by atoms with Crippen molar-refractivity contribution >= 4 is 11.5 Å². The zero-order valence-corrected chi connectivity index (χ0v) is 11.6. The van der Waals surface area contributed by atoms with Crippen LogP contribution in [0.2, 0.25) is 0 Å². The fraction of sp³-hybridized carbons (Fsp3) is 0.188. The molecule has 2 N–H and O–H groups in total. The van der Waals surface area contributed by atoms with Gasteiger partial charge in [-0.25, -0.2) is 8.78 Å². The zero-order chi connectivity index (χ0) is 15.0. The van der Waals surface area contributed by atoms with Crippen molar-refractivity contribution in [3.8, 4) is 0 Å². The Morgan fingerprint density at radius 3 is 2.10 bits per heavy atom. The topological polar surface area (TPSA) is 43.1 Å². The molecule has 0 amide bonds. The molecule has 0 fully saturated rings. The van der Waals surface area contributed by atoms with E-state index in [0.717, 1.165) is 17.7 Å². The fourth-order valence-electron chi connectivity index (χ4n) is 2.44. The Balaban J connectivity index is 2.67. The van der Waals surface area contributed by atoms with Crippen molar-refractivity contribution in [3.63, 3.8) is 0 Å². The van der Waals surface area contributed by atoms with Crippen LogP contribution in [0.25, 0.3) is 0 Å². The van der Waals surface area contributed by atoms with Crippen LogP contribution in [0.1, 0.15) is 32.6 Å². The molecule has 2 aromatic carbocycles. The average Bonchev–Trinajstić information content (AvgIpc) is 2.33. The normalized spacial score (nSPS) is 10.7. The first-order chi connectivity index (χ1) is 9.32. The van der Waals surface area contributed by atoms with Gasteiger partial charge in [0.1, 0.15) is 5.82 Å². The molecular weight excluding hydrogens is 260 g/mol. The number of nitrogens with two attached hydrogens (primary N) is 1. The maximum Gasteiger partial charge on any atom is 0.199 e. The Morgan fingerprint density at radius 2 is 1.55 bits per heavy atom. The third kappa shape index (κ3) is 2.29. The van der Waals surface area contributed by atoms with Gasteiger partial charge in [-0.05, 0) is 44.0 Å². The number of benzene rings is 2. The van der Waals surface area contributed by atoms with Crippen LogP contribution in [0.5, 0.6) is 0 Å². The van der Waals surface area contributed by atoms with E-state index in [2.05, 4.69) is 0 Å². The van der Waals surface area contributed by atoms with Crippen molar-refractivity contribution < 1.29 is 13.6 Å². The molecule has 0 atom stereocenters. The van der Waals surface area contributed by atoms with Gasteiger partial charge in [-0.1, -0.05) is 17.7 Å². The Bertz CT molecular complexity index is 685. The number of carbonyl (C=O) groups is 1. The maximum absolute atomic E-state index is 14.0. The predicted octanol–water partition coefficient (Wildman–Crippen LogP) is 3.70. The molecule has 0 radical (unpaired) electrons. The van der Waals surface area contributed by atoms with E-state index >= 15 is 0 Å². The molecule has 0 bridgehead atoms. The van der Waals surface area contributed by atoms with Gasteiger partial charge < -0.3 is 5.73 Å². The van der Waals surface area contributed by atoms with E-state index in [0.29, 0.717) is 16.7 Å². The van der Waals surface area contributed by atoms with Crippen LogP contribution >= 0.6 is 0 Å². The molecule has 0 spiro atoms. The van der Waals surface area contributed by atoms with E-state index in [1.807, 2.05) is 19.1 Å². The molecule has 20 heavy (non-hydrogen) atoms. The molecule has 0 aromatic heterocycles. The van der Waals surface area contributed by atoms with Gasteiger partial charge >= 0.3 is 0 Å². The highest BCUT2D eigenvalue weighted by atomic mass is 19.1. The van der Waals surface area contributed by atoms with Crippen LogP contribution in [0.15, 0.2) is 24.3 Å². The van der Waals surface area contributed by atoms with Crippen molar-refractivity contribution in [2.75, 3.05) is 5.73 Å². The van der Waals surface area contributed by atoms with Crippen LogP contribution in [-0.2, 0) is 0 Å². The molecule has 0 saturated heterocycles. The van der Waals surface area contributed by atoms with Crippen LogP contribution < -0.4 is 5.73 Å². The molecule has 2 nitrogen and oxygen atoms in total. The minimum absolute atomic E-state index is 0.239. The number of anilines is 1. The second kappa shape index (κ2) is 5.04. The van der Waals surface area contributed by atoms with Gasteiger partial charge in [0.25, 0.3) is 0 Å². The summed E-state index contributed by atoms with van der Waals surface area (Å²) < 4.78 is 27.7. The highest BCUT2D eigenvalue weighted by Gasteiger charge is 2.23. The number of halogens is 2. The van der Waals surface area contributed by atoms with Gasteiger partial charge in [0, 0.05) is 5.56 Å². The highest BCUT2D eigenvalue weighted by molar-refractivity contribution is 6.11. The van der Waals surface area contributed by atoms with Crippen molar-refractivity contribution in [2.45, 2.75) is 20.8 Å². The standard InChI is InChI=1S/C16H15F2NO/c1-8-6-9(2)13(10(3)7-8)16(20)14-11(17)4-5-12(19)15(14)18/h4-7H,19H2,1-3H3. The molecule has 0 aliphatic carbocycles. The number of nitrogen functional groups attached to an aromatic ring is 1. The number of carbonyl (C=O) groups excluding carboxylic acids is 1. The van der Waals surface area contributed by atoms with E-state index in [-0.39, 0.29) is 5.69 Å². The van der Waals surface area contributed by atoms with E-state index < -0.39 is 23.0 Å². The number of rotatable bonds is 2. The summed E-state index contributed by atoms with van der Waals surface area (Å²) in [6.07, 6.45) is 0. The summed E-state index contributed by atoms with van der Waals surface area (Å²) >= 11 is 0. The Hall–Kier alpha value is -2.23. The molecule has 2 rings (SSSR count). The number of ketones is 1. The zero-order valence-electron chi connectivity index (χ0n) is 11.6. The van der Waals surface area contributed by atoms with Gasteiger partial charge in [0.2, 0.25) is 0 Å². The molecular formula is C16H15F2NO. The summed E-state index contributed by atoms with van der Waals surface area (Å²) in [5, 5.41) is 0. The first-order valence-electron chi connectivity index (χ1n) is 6.19. The van der Waals surface area contributed by atoms with Crippen LogP contribution in [0.4, 0.5) is 14.5 Å². The predicted molar refractivity (Wildman–Crippen MR) is 74.9 cm³/mol. The summed E-state index contributed by atoms with van der Waals surface area (Å²) in [5.41, 5.74) is 7.26. The number of hydrogen-bond donors (Lipinski definition) is 1. The lowest BCUT2D eigenvalue weighted by Gasteiger charge is -2.12. The average molecular weight is 275 g/mol. The summed E-state index contributed by atoms with van der Waals surface area (Å²) in [4.78, 5) is 12.5. The van der Waals surface area contributed by atoms with E-state index in [9.17, 15) is 13.6 Å². The largest absolute Gasteiger partial charge is 0.396 e. The third-order valence-corrected chi connectivity index (χ3v) is 3.25. The summed E-state index contributed by atoms with van der Waals surface area (Å²) in [5.74, 6) is -2.59. The van der Waals surface area contributed by atoms with Gasteiger partial charge in [-0.15, -0.1) is 0 Å². The fourth-order valence-corrected chi connectivity index (χ4v) is 2.44. The monoisotopic (exact) mass is 275 g/mol. The van der Waals surface area contributed by atoms with Crippen molar-refractivity contribution in [3.05, 3.63) is 63.7 Å². The summed E-state index contributed by atoms with van der Waals surface area (Å²) in [6, 6.07) is 5.73. The van der Waals surface area contributed by atoms with Gasteiger partial charge in [0.05, 0.1) is 11.3 Å². The Morgan fingerprint density at radius 1 is 1.00 bits per heavy atom. The van der Waals surface area contributed by atoms with Crippen molar-refractivity contribution in [2.24, 2.45) is 0 Å². The first-order valence-corrected chi connectivity index (χ1v) is 6.19. The second-order valence-corrected chi connectivity index (χ2v) is 4.93. The first kappa shape index (κ1) is 14.2. The van der Waals surface area contributed by atoms with Crippen molar-refractivity contribution in [1.29, 1.82) is 0 Å². The minimum atomic E-state index is -1.01. The lowest BCUT2D eigenvalue weighted by atomic mass is 9.92. The summed E-state index contributed by atoms with van der Waals surface area (Å²) in [6.45, 7) is 5.39. The molecule has 4 heteroatoms. The molecule has 104 valence electrons. The quantitative estimate of drug-likeness (QED) is 0.670. The molecule has 0 saturated carbocycles. The highest BCUT2D eigenvalue weighted by Crippen LogP contribution is 2.25. The lowest BCUT2D eigenvalue weighted by molar-refractivity contribution is 0.103. The van der Waals surface area contributed by atoms with Crippen LogP contribution in [-0.4, -0.2) is 5.78 Å². The SMILES string of the molecule is Cc1cc(C)c(C(=O)c2c(F)ccc(N)c2F)c(C)c1. The smallest absolute Gasteiger partial charge is 0.199 e. The van der Waals surface area contributed by atoms with Crippen LogP contribution in [0.3, 0.4) is 0 Å². The minimum Gasteiger partial charge on any atom is -0.396 e. The summed E-state index contributed by atoms with van der Waals surface area (Å²) in [7, 11) is 0. The van der Waals surface area contributed by atoms with Gasteiger partial charge in [0.15, 0.2) is 11.6 Å². The lowest BCUT2D eigenvalue weighted by Crippen LogP contribution is -2.12. The van der Waals surface area contributed by atoms with Crippen molar-refractivity contribution in [1.82, 2.24) is 0 Å². The Kier molecular flexibility index (Phi) is 3.57. The number of hydrogen-bond acceptors (Lipinski definition) is 2. The Labute approximate surface area is 116 Å². The van der Waals surface area contributed by atoms with Gasteiger partial charge in [-0.3, -0.25) is 4.79 Å². The second-order valence-electron chi connectivity index (χ2n) is 4.93. The molecule has 0 unspecified atom stereocenters. The molecule has 0 aliphatic rings. The van der Waals surface area contributed by atoms with E-state index in [1.165, 1.54) is 0 Å². The molecule has 0 aliphatic heterocycles. The van der Waals surface area contributed by atoms with E-state index in [1.54, 1.807) is 13.8 Å². The molecule has 2 aromatic rings. The van der Waals surface area contributed by atoms with Gasteiger partial charge in [-0.2, -0.15) is 0 Å². The molecule has 0 heterocycles. The van der Waals surface area contributed by atoms with Crippen LogP contribution in [0, 0.1) is 32.4 Å². The number of aryl methyl sites for hydroxylation is 3. The van der Waals surface area contributed by atoms with E-state index in [4.69, 9.17) is 5.73 Å².